The summed E-state index contributed by atoms with van der Waals surface area (Å²) in [7, 11) is 1.49. The van der Waals surface area contributed by atoms with E-state index in [1.165, 1.54) is 7.11 Å². The molecule has 0 aliphatic rings. The van der Waals surface area contributed by atoms with Crippen molar-refractivity contribution in [3.8, 4) is 17.9 Å². The first-order chi connectivity index (χ1) is 12.5. The molecular weight excluding hydrogens is 358 g/mol. The third-order valence-electron chi connectivity index (χ3n) is 3.56. The van der Waals surface area contributed by atoms with Gasteiger partial charge >= 0.3 is 0 Å². The first-order valence-corrected chi connectivity index (χ1v) is 7.47. The van der Waals surface area contributed by atoms with Crippen LogP contribution in [0.25, 0.3) is 10.6 Å². The fraction of sp³-hybridized carbons (Fsp3) is 0.0556. The van der Waals surface area contributed by atoms with Crippen molar-refractivity contribution in [2.75, 3.05) is 7.11 Å². The Hall–Kier alpha value is -3.68. The second-order valence-electron chi connectivity index (χ2n) is 4.97. The third-order valence-corrected chi connectivity index (χ3v) is 3.98. The lowest BCUT2D eigenvalue weighted by atomic mass is 9.97. The average molecular weight is 368 g/mol. The normalized spacial score (nSPS) is 10.9. The molecule has 0 aliphatic heterocycles. The lowest BCUT2D eigenvalue weighted by Gasteiger charge is -2.08. The summed E-state index contributed by atoms with van der Waals surface area (Å²) in [4.78, 5) is 22.3. The largest absolute Gasteiger partial charge is 0.497 e. The summed E-state index contributed by atoms with van der Waals surface area (Å²) in [5, 5.41) is 29.5. The average Bonchev–Trinajstić information content (AvgIpc) is 2.67. The molecule has 2 rings (SSSR count). The van der Waals surface area contributed by atoms with Crippen molar-refractivity contribution in [2.24, 2.45) is 0 Å². The van der Waals surface area contributed by atoms with E-state index >= 15 is 0 Å². The second-order valence-corrected chi connectivity index (χ2v) is 5.35. The number of ether oxygens (including phenoxy) is 1. The van der Waals surface area contributed by atoms with Crippen LogP contribution in [-0.2, 0) is 4.79 Å². The first-order valence-electron chi connectivity index (χ1n) is 7.09. The molecule has 0 aromatic heterocycles. The van der Waals surface area contributed by atoms with Gasteiger partial charge in [0.1, 0.15) is 17.9 Å². The van der Waals surface area contributed by atoms with Crippen LogP contribution in [0.2, 0.25) is 0 Å². The number of methoxy groups -OCH3 is 1. The van der Waals surface area contributed by atoms with Crippen molar-refractivity contribution in [1.29, 1.82) is 10.5 Å². The summed E-state index contributed by atoms with van der Waals surface area (Å²) in [5.41, 5.74) is -0.604. The first kappa shape index (κ1) is 18.7. The topological polar surface area (TPSA) is 117 Å². The Balaban J connectivity index is 2.76. The van der Waals surface area contributed by atoms with Gasteiger partial charge in [0.2, 0.25) is 0 Å². The van der Waals surface area contributed by atoms with Crippen LogP contribution in [0.4, 0.5) is 5.69 Å². The molecule has 2 aromatic carbocycles. The van der Waals surface area contributed by atoms with Gasteiger partial charge in [0, 0.05) is 11.6 Å². The zero-order valence-corrected chi connectivity index (χ0v) is 14.1. The molecule has 0 N–H and O–H groups in total. The van der Waals surface area contributed by atoms with Gasteiger partial charge < -0.3 is 4.74 Å². The molecule has 0 saturated carbocycles. The fourth-order valence-corrected chi connectivity index (χ4v) is 2.54. The number of nitrogens with zero attached hydrogens (tertiary/aromatic N) is 3. The van der Waals surface area contributed by atoms with Gasteiger partial charge in [-0.15, -0.1) is 0 Å². The monoisotopic (exact) mass is 367 g/mol. The molecule has 0 saturated heterocycles. The van der Waals surface area contributed by atoms with Crippen LogP contribution in [0.5, 0.6) is 5.75 Å². The van der Waals surface area contributed by atoms with Crippen molar-refractivity contribution in [3.63, 3.8) is 0 Å². The van der Waals surface area contributed by atoms with Crippen LogP contribution in [0.3, 0.4) is 0 Å². The van der Waals surface area contributed by atoms with E-state index in [4.69, 9.17) is 26.9 Å². The van der Waals surface area contributed by atoms with Crippen molar-refractivity contribution < 1.29 is 14.5 Å². The molecule has 0 bridgehead atoms. The standard InChI is InChI=1S/C18H10ClN3O4/c1-26-14-4-2-11(3-5-14)18(19)16(10-23)15-6-12(8-20)13(9-21)7-17(15)22(24)25/h2-7,10H,1H3/b18-16-. The maximum atomic E-state index is 11.6. The Labute approximate surface area is 153 Å². The van der Waals surface area contributed by atoms with E-state index in [0.717, 1.165) is 12.1 Å². The highest BCUT2D eigenvalue weighted by Gasteiger charge is 2.23. The number of aldehydes is 1. The molecule has 26 heavy (non-hydrogen) atoms. The van der Waals surface area contributed by atoms with Crippen LogP contribution >= 0.6 is 11.6 Å². The van der Waals surface area contributed by atoms with Gasteiger partial charge in [0.05, 0.1) is 33.8 Å². The van der Waals surface area contributed by atoms with E-state index in [1.54, 1.807) is 36.4 Å². The Kier molecular flexibility index (Phi) is 5.69. The van der Waals surface area contributed by atoms with E-state index in [0.29, 0.717) is 17.6 Å². The fourth-order valence-electron chi connectivity index (χ4n) is 2.27. The second kappa shape index (κ2) is 7.93. The zero-order chi connectivity index (χ0) is 19.3. The van der Waals surface area contributed by atoms with Crippen molar-refractivity contribution in [2.45, 2.75) is 0 Å². The quantitative estimate of drug-likeness (QED) is 0.262. The Morgan fingerprint density at radius 2 is 1.77 bits per heavy atom. The summed E-state index contributed by atoms with van der Waals surface area (Å²) < 4.78 is 5.04. The molecule has 0 spiro atoms. The summed E-state index contributed by atoms with van der Waals surface area (Å²) >= 11 is 6.29. The highest BCUT2D eigenvalue weighted by molar-refractivity contribution is 6.56. The molecule has 0 unspecified atom stereocenters. The molecule has 0 atom stereocenters. The number of carbonyl (C=O) groups excluding carboxylic acids is 1. The molecule has 0 aliphatic carbocycles. The molecule has 0 heterocycles. The van der Waals surface area contributed by atoms with E-state index in [9.17, 15) is 14.9 Å². The number of rotatable bonds is 5. The molecule has 128 valence electrons. The molecule has 8 heteroatoms. The van der Waals surface area contributed by atoms with Gasteiger partial charge in [0.25, 0.3) is 5.69 Å². The number of nitro groups is 1. The van der Waals surface area contributed by atoms with Gasteiger partial charge in [0.15, 0.2) is 6.29 Å². The molecule has 0 amide bonds. The van der Waals surface area contributed by atoms with Crippen LogP contribution in [0.1, 0.15) is 22.3 Å². The van der Waals surface area contributed by atoms with Crippen molar-refractivity contribution >= 4 is 34.2 Å². The summed E-state index contributed by atoms with van der Waals surface area (Å²) in [6.45, 7) is 0. The minimum atomic E-state index is -0.737. The summed E-state index contributed by atoms with van der Waals surface area (Å²) in [6, 6.07) is 12.0. The van der Waals surface area contributed by atoms with Crippen LogP contribution in [-0.4, -0.2) is 18.3 Å². The van der Waals surface area contributed by atoms with E-state index < -0.39 is 10.6 Å². The van der Waals surface area contributed by atoms with Gasteiger partial charge in [-0.05, 0) is 35.9 Å². The highest BCUT2D eigenvalue weighted by Crippen LogP contribution is 2.35. The molecular formula is C18H10ClN3O4. The van der Waals surface area contributed by atoms with Crippen molar-refractivity contribution in [3.05, 3.63) is 68.8 Å². The SMILES string of the molecule is COc1ccc(/C(Cl)=C(\C=O)c2cc(C#N)c(C#N)cc2[N+](=O)[O-])cc1. The van der Waals surface area contributed by atoms with Crippen LogP contribution in [0.15, 0.2) is 36.4 Å². The summed E-state index contributed by atoms with van der Waals surface area (Å²) in [5.74, 6) is 0.571. The molecule has 2 aromatic rings. The van der Waals surface area contributed by atoms with E-state index in [2.05, 4.69) is 0 Å². The number of benzene rings is 2. The van der Waals surface area contributed by atoms with Gasteiger partial charge in [-0.3, -0.25) is 14.9 Å². The number of nitriles is 2. The third kappa shape index (κ3) is 3.54. The van der Waals surface area contributed by atoms with Gasteiger partial charge in [-0.1, -0.05) is 11.6 Å². The summed E-state index contributed by atoms with van der Waals surface area (Å²) in [6.07, 6.45) is 0.377. The zero-order valence-electron chi connectivity index (χ0n) is 13.4. The van der Waals surface area contributed by atoms with E-state index in [-0.39, 0.29) is 27.3 Å². The Morgan fingerprint density at radius 3 is 2.23 bits per heavy atom. The molecule has 0 fully saturated rings. The predicted molar refractivity (Wildman–Crippen MR) is 94.3 cm³/mol. The Bertz CT molecular complexity index is 999. The number of allylic oxidation sites excluding steroid dienone is 1. The lowest BCUT2D eigenvalue weighted by Crippen LogP contribution is -2.00. The Morgan fingerprint density at radius 1 is 1.19 bits per heavy atom. The minimum absolute atomic E-state index is 0.0284. The number of nitro benzene ring substituents is 1. The minimum Gasteiger partial charge on any atom is -0.497 e. The van der Waals surface area contributed by atoms with E-state index in [1.807, 2.05) is 0 Å². The number of halogens is 1. The van der Waals surface area contributed by atoms with Crippen LogP contribution < -0.4 is 4.74 Å². The number of hydrogen-bond donors (Lipinski definition) is 0. The maximum Gasteiger partial charge on any atom is 0.278 e. The molecule has 7 nitrogen and oxygen atoms in total. The smallest absolute Gasteiger partial charge is 0.278 e. The lowest BCUT2D eigenvalue weighted by molar-refractivity contribution is -0.385. The number of carbonyl (C=O) groups is 1. The van der Waals surface area contributed by atoms with Gasteiger partial charge in [-0.2, -0.15) is 10.5 Å². The molecule has 0 radical (unpaired) electrons. The van der Waals surface area contributed by atoms with Gasteiger partial charge in [-0.25, -0.2) is 0 Å². The highest BCUT2D eigenvalue weighted by atomic mass is 35.5. The predicted octanol–water partition coefficient (Wildman–Crippen LogP) is 3.65. The van der Waals surface area contributed by atoms with Crippen LogP contribution in [0, 0.1) is 32.8 Å². The maximum absolute atomic E-state index is 11.6. The number of hydrogen-bond acceptors (Lipinski definition) is 6. The van der Waals surface area contributed by atoms with Crippen molar-refractivity contribution in [1.82, 2.24) is 0 Å².